The summed E-state index contributed by atoms with van der Waals surface area (Å²) in [5.41, 5.74) is 0.354. The molecule has 1 aromatic rings. The van der Waals surface area contributed by atoms with E-state index in [0.717, 1.165) is 0 Å². The van der Waals surface area contributed by atoms with Gasteiger partial charge in [0.25, 0.3) is 5.91 Å². The van der Waals surface area contributed by atoms with Crippen molar-refractivity contribution >= 4 is 17.2 Å². The Bertz CT molecular complexity index is 553. The number of hydrogen-bond donors (Lipinski definition) is 1. The van der Waals surface area contributed by atoms with Gasteiger partial charge in [-0.15, -0.1) is 11.3 Å². The summed E-state index contributed by atoms with van der Waals surface area (Å²) >= 11 is 1.39. The van der Waals surface area contributed by atoms with Gasteiger partial charge in [0.05, 0.1) is 11.7 Å². The fourth-order valence-corrected chi connectivity index (χ4v) is 3.28. The molecule has 0 spiro atoms. The number of carbonyl (C=O) groups excluding carboxylic acids is 1. The smallest absolute Gasteiger partial charge is 0.265 e. The highest BCUT2D eigenvalue weighted by molar-refractivity contribution is 7.12. The Hall–Kier alpha value is -1.35. The SMILES string of the molecule is CC1CN(C(=O)c2sccc2C#CCO)CC(C)(C)O1. The molecule has 2 heterocycles. The average Bonchev–Trinajstić information content (AvgIpc) is 2.81. The van der Waals surface area contributed by atoms with Crippen molar-refractivity contribution in [3.63, 3.8) is 0 Å². The van der Waals surface area contributed by atoms with Crippen LogP contribution in [0.3, 0.4) is 0 Å². The topological polar surface area (TPSA) is 49.8 Å². The summed E-state index contributed by atoms with van der Waals surface area (Å²) in [7, 11) is 0. The lowest BCUT2D eigenvalue weighted by Crippen LogP contribution is -2.53. The van der Waals surface area contributed by atoms with E-state index in [4.69, 9.17) is 9.84 Å². The minimum atomic E-state index is -0.332. The zero-order valence-electron chi connectivity index (χ0n) is 12.0. The molecule has 1 N–H and O–H groups in total. The quantitative estimate of drug-likeness (QED) is 0.802. The number of rotatable bonds is 1. The van der Waals surface area contributed by atoms with E-state index in [1.165, 1.54) is 11.3 Å². The summed E-state index contributed by atoms with van der Waals surface area (Å²) in [5.74, 6) is 5.41. The van der Waals surface area contributed by atoms with Gasteiger partial charge in [0, 0.05) is 18.7 Å². The van der Waals surface area contributed by atoms with Gasteiger partial charge in [-0.05, 0) is 32.2 Å². The summed E-state index contributed by atoms with van der Waals surface area (Å²) in [4.78, 5) is 15.1. The Morgan fingerprint density at radius 1 is 1.65 bits per heavy atom. The molecule has 5 heteroatoms. The van der Waals surface area contributed by atoms with Crippen LogP contribution in [0.15, 0.2) is 11.4 Å². The van der Waals surface area contributed by atoms with Gasteiger partial charge in [-0.2, -0.15) is 0 Å². The van der Waals surface area contributed by atoms with E-state index in [-0.39, 0.29) is 24.2 Å². The Kier molecular flexibility index (Phi) is 4.48. The number of morpholine rings is 1. The van der Waals surface area contributed by atoms with Crippen LogP contribution >= 0.6 is 11.3 Å². The van der Waals surface area contributed by atoms with Gasteiger partial charge in [-0.1, -0.05) is 11.8 Å². The van der Waals surface area contributed by atoms with Crippen LogP contribution in [0.2, 0.25) is 0 Å². The van der Waals surface area contributed by atoms with Gasteiger partial charge < -0.3 is 14.7 Å². The second kappa shape index (κ2) is 5.96. The average molecular weight is 293 g/mol. The number of aliphatic hydroxyl groups is 1. The van der Waals surface area contributed by atoms with Crippen LogP contribution in [0.5, 0.6) is 0 Å². The van der Waals surface area contributed by atoms with Crippen LogP contribution < -0.4 is 0 Å². The summed E-state index contributed by atoms with van der Waals surface area (Å²) < 4.78 is 5.82. The zero-order chi connectivity index (χ0) is 14.8. The first kappa shape index (κ1) is 15.0. The maximum Gasteiger partial charge on any atom is 0.265 e. The number of aliphatic hydroxyl groups excluding tert-OH is 1. The van der Waals surface area contributed by atoms with E-state index in [1.807, 2.05) is 37.1 Å². The fraction of sp³-hybridized carbons (Fsp3) is 0.533. The second-order valence-electron chi connectivity index (χ2n) is 5.50. The van der Waals surface area contributed by atoms with Crippen LogP contribution in [0.4, 0.5) is 0 Å². The molecule has 1 saturated heterocycles. The molecular formula is C15H19NO3S. The van der Waals surface area contributed by atoms with Gasteiger partial charge in [0.1, 0.15) is 11.5 Å². The molecule has 1 atom stereocenters. The lowest BCUT2D eigenvalue weighted by molar-refractivity contribution is -0.118. The number of carbonyl (C=O) groups is 1. The largest absolute Gasteiger partial charge is 0.384 e. The monoisotopic (exact) mass is 293 g/mol. The van der Waals surface area contributed by atoms with Gasteiger partial charge in [0.2, 0.25) is 0 Å². The number of amides is 1. The molecule has 0 aliphatic carbocycles. The Morgan fingerprint density at radius 2 is 2.40 bits per heavy atom. The van der Waals surface area contributed by atoms with Crippen molar-refractivity contribution in [3.8, 4) is 11.8 Å². The highest BCUT2D eigenvalue weighted by Crippen LogP contribution is 2.25. The second-order valence-corrected chi connectivity index (χ2v) is 6.41. The van der Waals surface area contributed by atoms with Crippen molar-refractivity contribution in [2.45, 2.75) is 32.5 Å². The maximum atomic E-state index is 12.6. The number of hydrogen-bond acceptors (Lipinski definition) is 4. The highest BCUT2D eigenvalue weighted by Gasteiger charge is 2.34. The Labute approximate surface area is 123 Å². The number of thiophene rings is 1. The van der Waals surface area contributed by atoms with E-state index < -0.39 is 0 Å². The van der Waals surface area contributed by atoms with Crippen LogP contribution in [0.1, 0.15) is 36.0 Å². The van der Waals surface area contributed by atoms with Gasteiger partial charge in [-0.25, -0.2) is 0 Å². The van der Waals surface area contributed by atoms with Crippen LogP contribution in [0.25, 0.3) is 0 Å². The normalized spacial score (nSPS) is 21.2. The molecule has 1 amide bonds. The molecule has 0 radical (unpaired) electrons. The minimum absolute atomic E-state index is 0.00883. The highest BCUT2D eigenvalue weighted by atomic mass is 32.1. The Morgan fingerprint density at radius 3 is 3.05 bits per heavy atom. The fourth-order valence-electron chi connectivity index (χ4n) is 2.46. The first-order valence-electron chi connectivity index (χ1n) is 6.57. The summed E-state index contributed by atoms with van der Waals surface area (Å²) in [6.45, 7) is 6.91. The van der Waals surface area contributed by atoms with E-state index in [0.29, 0.717) is 23.5 Å². The lowest BCUT2D eigenvalue weighted by atomic mass is 10.1. The van der Waals surface area contributed by atoms with Crippen molar-refractivity contribution in [2.75, 3.05) is 19.7 Å². The van der Waals surface area contributed by atoms with E-state index >= 15 is 0 Å². The Balaban J connectivity index is 2.21. The van der Waals surface area contributed by atoms with E-state index in [9.17, 15) is 4.79 Å². The van der Waals surface area contributed by atoms with Crippen molar-refractivity contribution in [1.82, 2.24) is 4.90 Å². The van der Waals surface area contributed by atoms with Crippen molar-refractivity contribution in [2.24, 2.45) is 0 Å². The molecule has 108 valence electrons. The van der Waals surface area contributed by atoms with Crippen LogP contribution in [-0.4, -0.2) is 47.3 Å². The van der Waals surface area contributed by atoms with Gasteiger partial charge in [0.15, 0.2) is 0 Å². The number of nitrogens with zero attached hydrogens (tertiary/aromatic N) is 1. The number of ether oxygens (including phenoxy) is 1. The molecule has 4 nitrogen and oxygen atoms in total. The van der Waals surface area contributed by atoms with E-state index in [1.54, 1.807) is 0 Å². The van der Waals surface area contributed by atoms with Crippen LogP contribution in [-0.2, 0) is 4.74 Å². The third-order valence-electron chi connectivity index (χ3n) is 3.02. The molecular weight excluding hydrogens is 274 g/mol. The summed E-state index contributed by atoms with van der Waals surface area (Å²) in [6, 6.07) is 1.82. The molecule has 1 aromatic heterocycles. The third-order valence-corrected chi connectivity index (χ3v) is 3.92. The van der Waals surface area contributed by atoms with Crippen LogP contribution in [0, 0.1) is 11.8 Å². The predicted molar refractivity (Wildman–Crippen MR) is 78.8 cm³/mol. The molecule has 0 saturated carbocycles. The molecule has 1 unspecified atom stereocenters. The first-order valence-corrected chi connectivity index (χ1v) is 7.45. The minimum Gasteiger partial charge on any atom is -0.384 e. The lowest BCUT2D eigenvalue weighted by Gasteiger charge is -2.41. The van der Waals surface area contributed by atoms with Crippen molar-refractivity contribution < 1.29 is 14.6 Å². The summed E-state index contributed by atoms with van der Waals surface area (Å²) in [5, 5.41) is 10.6. The first-order chi connectivity index (χ1) is 9.43. The van der Waals surface area contributed by atoms with Crippen molar-refractivity contribution in [1.29, 1.82) is 0 Å². The maximum absolute atomic E-state index is 12.6. The molecule has 1 aliphatic rings. The molecule has 2 rings (SSSR count). The molecule has 20 heavy (non-hydrogen) atoms. The van der Waals surface area contributed by atoms with E-state index in [2.05, 4.69) is 11.8 Å². The van der Waals surface area contributed by atoms with Gasteiger partial charge in [-0.3, -0.25) is 4.79 Å². The standard InChI is InChI=1S/C15H19NO3S/c1-11-9-16(10-15(2,3)19-11)14(18)13-12(5-4-7-17)6-8-20-13/h6,8,11,17H,7,9-10H2,1-3H3. The zero-order valence-corrected chi connectivity index (χ0v) is 12.8. The molecule has 0 bridgehead atoms. The van der Waals surface area contributed by atoms with Crippen molar-refractivity contribution in [3.05, 3.63) is 21.9 Å². The predicted octanol–water partition coefficient (Wildman–Crippen LogP) is 1.73. The third kappa shape index (κ3) is 3.40. The molecule has 1 aliphatic heterocycles. The molecule has 0 aromatic carbocycles. The summed E-state index contributed by atoms with van der Waals surface area (Å²) in [6.07, 6.45) is 0.0228. The van der Waals surface area contributed by atoms with Gasteiger partial charge >= 0.3 is 0 Å². The molecule has 1 fully saturated rings.